The molecule has 0 bridgehead atoms. The van der Waals surface area contributed by atoms with Crippen LogP contribution in [0.3, 0.4) is 0 Å². The fourth-order valence-electron chi connectivity index (χ4n) is 2.35. The summed E-state index contributed by atoms with van der Waals surface area (Å²) in [6.07, 6.45) is 1.67. The summed E-state index contributed by atoms with van der Waals surface area (Å²) in [6.45, 7) is 1.64. The van der Waals surface area contributed by atoms with E-state index in [0.717, 1.165) is 5.56 Å². The van der Waals surface area contributed by atoms with Gasteiger partial charge in [0.05, 0.1) is 26.0 Å². The van der Waals surface area contributed by atoms with E-state index in [9.17, 15) is 9.90 Å². The van der Waals surface area contributed by atoms with Crippen molar-refractivity contribution in [2.75, 3.05) is 19.8 Å². The maximum Gasteiger partial charge on any atom is 0.323 e. The zero-order chi connectivity index (χ0) is 14.7. The van der Waals surface area contributed by atoms with Gasteiger partial charge in [-0.15, -0.1) is 0 Å². The first-order valence-electron chi connectivity index (χ1n) is 6.79. The van der Waals surface area contributed by atoms with Gasteiger partial charge in [-0.1, -0.05) is 30.3 Å². The molecule has 0 spiro atoms. The third kappa shape index (κ3) is 3.12. The number of oxazole rings is 1. The van der Waals surface area contributed by atoms with Crippen LogP contribution < -0.4 is 0 Å². The van der Waals surface area contributed by atoms with E-state index < -0.39 is 12.0 Å². The van der Waals surface area contributed by atoms with E-state index in [-0.39, 0.29) is 6.61 Å². The summed E-state index contributed by atoms with van der Waals surface area (Å²) >= 11 is 0. The van der Waals surface area contributed by atoms with Gasteiger partial charge >= 0.3 is 5.97 Å². The summed E-state index contributed by atoms with van der Waals surface area (Å²) in [6, 6.07) is 9.04. The Morgan fingerprint density at radius 1 is 1.38 bits per heavy atom. The van der Waals surface area contributed by atoms with Crippen LogP contribution in [-0.2, 0) is 16.1 Å². The standard InChI is InChI=1S/C15H16N2O4/c18-15(19)12-10-20-7-6-17(12)9-14-16-8-13(21-14)11-4-2-1-3-5-11/h1-5,8,12H,6-7,9-10H2,(H,18,19). The SMILES string of the molecule is O=C(O)C1COCCN1Cc1ncc(-c2ccccc2)o1. The van der Waals surface area contributed by atoms with E-state index in [0.29, 0.717) is 31.3 Å². The molecular weight excluding hydrogens is 272 g/mol. The third-order valence-electron chi connectivity index (χ3n) is 3.47. The molecule has 6 nitrogen and oxygen atoms in total. The van der Waals surface area contributed by atoms with Crippen molar-refractivity contribution in [1.29, 1.82) is 0 Å². The molecule has 1 aromatic heterocycles. The molecule has 0 saturated carbocycles. The smallest absolute Gasteiger partial charge is 0.323 e. The molecule has 1 aliphatic heterocycles. The summed E-state index contributed by atoms with van der Waals surface area (Å²) < 4.78 is 10.9. The maximum absolute atomic E-state index is 11.2. The second-order valence-electron chi connectivity index (χ2n) is 4.88. The van der Waals surface area contributed by atoms with E-state index in [1.54, 1.807) is 6.20 Å². The lowest BCUT2D eigenvalue weighted by Crippen LogP contribution is -2.49. The average Bonchev–Trinajstić information content (AvgIpc) is 2.97. The van der Waals surface area contributed by atoms with E-state index in [1.165, 1.54) is 0 Å². The number of rotatable bonds is 4. The van der Waals surface area contributed by atoms with Gasteiger partial charge in [-0.25, -0.2) is 4.98 Å². The molecule has 1 N–H and O–H groups in total. The second-order valence-corrected chi connectivity index (χ2v) is 4.88. The van der Waals surface area contributed by atoms with Gasteiger partial charge < -0.3 is 14.3 Å². The first-order chi connectivity index (χ1) is 10.2. The lowest BCUT2D eigenvalue weighted by molar-refractivity contribution is -0.150. The van der Waals surface area contributed by atoms with Crippen LogP contribution >= 0.6 is 0 Å². The molecule has 2 aromatic rings. The molecule has 2 heterocycles. The van der Waals surface area contributed by atoms with Crippen LogP contribution in [0.5, 0.6) is 0 Å². The molecule has 0 radical (unpaired) electrons. The van der Waals surface area contributed by atoms with Gasteiger partial charge in [0.15, 0.2) is 5.76 Å². The Labute approximate surface area is 122 Å². The van der Waals surface area contributed by atoms with Crippen molar-refractivity contribution in [1.82, 2.24) is 9.88 Å². The second kappa shape index (κ2) is 6.07. The molecule has 21 heavy (non-hydrogen) atoms. The number of carbonyl (C=O) groups is 1. The highest BCUT2D eigenvalue weighted by atomic mass is 16.5. The van der Waals surface area contributed by atoms with Crippen LogP contribution in [0, 0.1) is 0 Å². The van der Waals surface area contributed by atoms with E-state index in [2.05, 4.69) is 4.98 Å². The van der Waals surface area contributed by atoms with Crippen molar-refractivity contribution in [3.63, 3.8) is 0 Å². The highest BCUT2D eigenvalue weighted by Crippen LogP contribution is 2.21. The van der Waals surface area contributed by atoms with Crippen LogP contribution in [0.2, 0.25) is 0 Å². The number of hydrogen-bond acceptors (Lipinski definition) is 5. The molecule has 1 aromatic carbocycles. The van der Waals surface area contributed by atoms with Crippen molar-refractivity contribution >= 4 is 5.97 Å². The number of aromatic nitrogens is 1. The molecule has 0 aliphatic carbocycles. The fraction of sp³-hybridized carbons (Fsp3) is 0.333. The minimum atomic E-state index is -0.885. The Morgan fingerprint density at radius 2 is 2.19 bits per heavy atom. The molecule has 6 heteroatoms. The Morgan fingerprint density at radius 3 is 2.95 bits per heavy atom. The van der Waals surface area contributed by atoms with Gasteiger partial charge in [0, 0.05) is 12.1 Å². The van der Waals surface area contributed by atoms with Gasteiger partial charge in [0.2, 0.25) is 5.89 Å². The first kappa shape index (κ1) is 13.8. The normalized spacial score (nSPS) is 19.5. The molecule has 110 valence electrons. The Bertz CT molecular complexity index is 611. The largest absolute Gasteiger partial charge is 0.480 e. The van der Waals surface area contributed by atoms with E-state index in [1.807, 2.05) is 35.2 Å². The highest BCUT2D eigenvalue weighted by molar-refractivity contribution is 5.73. The van der Waals surface area contributed by atoms with Gasteiger partial charge in [-0.3, -0.25) is 9.69 Å². The number of ether oxygens (including phenoxy) is 1. The van der Waals surface area contributed by atoms with Crippen molar-refractivity contribution in [3.8, 4) is 11.3 Å². The van der Waals surface area contributed by atoms with Gasteiger partial charge in [-0.2, -0.15) is 0 Å². The molecule has 1 atom stereocenters. The quantitative estimate of drug-likeness (QED) is 0.921. The van der Waals surface area contributed by atoms with Crippen molar-refractivity contribution in [2.24, 2.45) is 0 Å². The number of hydrogen-bond donors (Lipinski definition) is 1. The van der Waals surface area contributed by atoms with Crippen LogP contribution in [-0.4, -0.2) is 46.8 Å². The number of nitrogens with zero attached hydrogens (tertiary/aromatic N) is 2. The van der Waals surface area contributed by atoms with Gasteiger partial charge in [-0.05, 0) is 0 Å². The molecule has 1 saturated heterocycles. The topological polar surface area (TPSA) is 75.8 Å². The van der Waals surface area contributed by atoms with E-state index >= 15 is 0 Å². The molecule has 1 unspecified atom stereocenters. The van der Waals surface area contributed by atoms with Gasteiger partial charge in [0.25, 0.3) is 0 Å². The zero-order valence-electron chi connectivity index (χ0n) is 11.4. The van der Waals surface area contributed by atoms with Crippen molar-refractivity contribution in [3.05, 3.63) is 42.4 Å². The Balaban J connectivity index is 1.73. The lowest BCUT2D eigenvalue weighted by Gasteiger charge is -2.31. The predicted molar refractivity (Wildman–Crippen MR) is 74.6 cm³/mol. The minimum Gasteiger partial charge on any atom is -0.480 e. The summed E-state index contributed by atoms with van der Waals surface area (Å²) in [5.74, 6) is 0.317. The number of carboxylic acid groups (broad SMARTS) is 1. The average molecular weight is 288 g/mol. The molecule has 3 rings (SSSR count). The zero-order valence-corrected chi connectivity index (χ0v) is 11.4. The maximum atomic E-state index is 11.2. The fourth-order valence-corrected chi connectivity index (χ4v) is 2.35. The first-order valence-corrected chi connectivity index (χ1v) is 6.79. The number of aliphatic carboxylic acids is 1. The van der Waals surface area contributed by atoms with Crippen LogP contribution in [0.4, 0.5) is 0 Å². The summed E-state index contributed by atoms with van der Waals surface area (Å²) in [5, 5.41) is 9.20. The number of carboxylic acids is 1. The highest BCUT2D eigenvalue weighted by Gasteiger charge is 2.30. The van der Waals surface area contributed by atoms with E-state index in [4.69, 9.17) is 9.15 Å². The van der Waals surface area contributed by atoms with Crippen LogP contribution in [0.1, 0.15) is 5.89 Å². The molecule has 1 fully saturated rings. The Hall–Kier alpha value is -2.18. The van der Waals surface area contributed by atoms with Gasteiger partial charge in [0.1, 0.15) is 6.04 Å². The predicted octanol–water partition coefficient (Wildman–Crippen LogP) is 1.63. The monoisotopic (exact) mass is 288 g/mol. The number of morpholine rings is 1. The van der Waals surface area contributed by atoms with Crippen molar-refractivity contribution in [2.45, 2.75) is 12.6 Å². The molecular formula is C15H16N2O4. The third-order valence-corrected chi connectivity index (χ3v) is 3.47. The Kier molecular flexibility index (Phi) is 3.98. The van der Waals surface area contributed by atoms with Crippen molar-refractivity contribution < 1.29 is 19.1 Å². The lowest BCUT2D eigenvalue weighted by atomic mass is 10.2. The molecule has 0 amide bonds. The number of benzene rings is 1. The minimum absolute atomic E-state index is 0.196. The summed E-state index contributed by atoms with van der Waals surface area (Å²) in [7, 11) is 0. The van der Waals surface area contributed by atoms with Crippen LogP contribution in [0.15, 0.2) is 40.9 Å². The van der Waals surface area contributed by atoms with Crippen LogP contribution in [0.25, 0.3) is 11.3 Å². The summed E-state index contributed by atoms with van der Waals surface area (Å²) in [4.78, 5) is 17.3. The molecule has 1 aliphatic rings. The summed E-state index contributed by atoms with van der Waals surface area (Å²) in [5.41, 5.74) is 0.952.